The number of ether oxygens (including phenoxy) is 3. The molecule has 5 nitrogen and oxygen atoms in total. The van der Waals surface area contributed by atoms with Gasteiger partial charge in [0.25, 0.3) is 0 Å². The number of morpholine rings is 1. The van der Waals surface area contributed by atoms with E-state index in [2.05, 4.69) is 4.74 Å². The smallest absolute Gasteiger partial charge is 0.319 e. The molecule has 1 aromatic carbocycles. The van der Waals surface area contributed by atoms with Crippen LogP contribution < -0.4 is 4.74 Å². The van der Waals surface area contributed by atoms with Gasteiger partial charge in [-0.2, -0.15) is 0 Å². The Balaban J connectivity index is 1.81. The molecule has 1 aliphatic heterocycles. The molecule has 0 saturated carbocycles. The second kappa shape index (κ2) is 7.47. The molecule has 0 amide bonds. The first kappa shape index (κ1) is 15.1. The molecule has 1 unspecified atom stereocenters. The minimum atomic E-state index is -0.238. The second-order valence-electron chi connectivity index (χ2n) is 4.55. The summed E-state index contributed by atoms with van der Waals surface area (Å²) in [5, 5.41) is 0.578. The first-order valence-corrected chi connectivity index (χ1v) is 6.85. The zero-order valence-corrected chi connectivity index (χ0v) is 12.1. The van der Waals surface area contributed by atoms with E-state index >= 15 is 0 Å². The quantitative estimate of drug-likeness (QED) is 0.773. The van der Waals surface area contributed by atoms with E-state index in [0.717, 1.165) is 6.54 Å². The molecule has 20 heavy (non-hydrogen) atoms. The van der Waals surface area contributed by atoms with Crippen LogP contribution in [0.3, 0.4) is 0 Å². The molecule has 1 aromatic rings. The number of hydrogen-bond acceptors (Lipinski definition) is 5. The molecule has 1 saturated heterocycles. The third-order valence-electron chi connectivity index (χ3n) is 3.06. The van der Waals surface area contributed by atoms with Crippen LogP contribution >= 0.6 is 11.6 Å². The highest BCUT2D eigenvalue weighted by Crippen LogP contribution is 2.23. The number of para-hydroxylation sites is 1. The van der Waals surface area contributed by atoms with Crippen molar-refractivity contribution in [1.82, 2.24) is 4.90 Å². The summed E-state index contributed by atoms with van der Waals surface area (Å²) in [6, 6.07) is 7.32. The van der Waals surface area contributed by atoms with Gasteiger partial charge in [-0.3, -0.25) is 9.69 Å². The van der Waals surface area contributed by atoms with E-state index in [1.807, 2.05) is 23.1 Å². The minimum absolute atomic E-state index is 0.0790. The van der Waals surface area contributed by atoms with E-state index in [-0.39, 0.29) is 18.6 Å². The van der Waals surface area contributed by atoms with E-state index in [9.17, 15) is 4.79 Å². The largest absolute Gasteiger partial charge is 0.489 e. The Bertz CT molecular complexity index is 455. The van der Waals surface area contributed by atoms with Crippen LogP contribution in [0.5, 0.6) is 5.75 Å². The van der Waals surface area contributed by atoms with E-state index in [4.69, 9.17) is 21.1 Å². The van der Waals surface area contributed by atoms with Gasteiger partial charge in [-0.1, -0.05) is 23.7 Å². The van der Waals surface area contributed by atoms with Crippen LogP contribution in [0.4, 0.5) is 0 Å². The molecule has 0 aliphatic carbocycles. The molecule has 1 heterocycles. The Hall–Kier alpha value is -1.30. The highest BCUT2D eigenvalue weighted by atomic mass is 35.5. The number of carbonyl (C=O) groups excluding carboxylic acids is 1. The van der Waals surface area contributed by atoms with Crippen molar-refractivity contribution in [2.24, 2.45) is 0 Å². The van der Waals surface area contributed by atoms with Gasteiger partial charge in [0.05, 0.1) is 25.3 Å². The fourth-order valence-electron chi connectivity index (χ4n) is 2.02. The van der Waals surface area contributed by atoms with Crippen molar-refractivity contribution in [2.45, 2.75) is 6.10 Å². The van der Waals surface area contributed by atoms with Crippen LogP contribution in [-0.4, -0.2) is 56.9 Å². The number of rotatable bonds is 5. The van der Waals surface area contributed by atoms with Gasteiger partial charge in [0.15, 0.2) is 0 Å². The van der Waals surface area contributed by atoms with Gasteiger partial charge in [0, 0.05) is 13.1 Å². The summed E-state index contributed by atoms with van der Waals surface area (Å²) in [4.78, 5) is 13.3. The van der Waals surface area contributed by atoms with Crippen molar-refractivity contribution in [3.8, 4) is 5.75 Å². The fourth-order valence-corrected chi connectivity index (χ4v) is 2.21. The van der Waals surface area contributed by atoms with E-state index in [1.165, 1.54) is 7.11 Å². The molecular formula is C14H18ClNO4. The monoisotopic (exact) mass is 299 g/mol. The van der Waals surface area contributed by atoms with Crippen molar-refractivity contribution in [3.05, 3.63) is 29.3 Å². The lowest BCUT2D eigenvalue weighted by Gasteiger charge is -2.31. The predicted octanol–water partition coefficient (Wildman–Crippen LogP) is 1.59. The SMILES string of the molecule is COC(=O)CN1CCOC(COc2ccccc2Cl)C1. The molecule has 1 aliphatic rings. The van der Waals surface area contributed by atoms with Crippen LogP contribution in [0.2, 0.25) is 5.02 Å². The summed E-state index contributed by atoms with van der Waals surface area (Å²) >= 11 is 6.02. The molecular weight excluding hydrogens is 282 g/mol. The molecule has 0 radical (unpaired) electrons. The van der Waals surface area contributed by atoms with Crippen LogP contribution in [0, 0.1) is 0 Å². The van der Waals surface area contributed by atoms with Crippen LogP contribution in [-0.2, 0) is 14.3 Å². The highest BCUT2D eigenvalue weighted by molar-refractivity contribution is 6.32. The van der Waals surface area contributed by atoms with Crippen LogP contribution in [0.15, 0.2) is 24.3 Å². The summed E-state index contributed by atoms with van der Waals surface area (Å²) in [7, 11) is 1.39. The lowest BCUT2D eigenvalue weighted by atomic mass is 10.3. The zero-order chi connectivity index (χ0) is 14.4. The van der Waals surface area contributed by atoms with Gasteiger partial charge in [0.2, 0.25) is 0 Å². The highest BCUT2D eigenvalue weighted by Gasteiger charge is 2.23. The summed E-state index contributed by atoms with van der Waals surface area (Å²) in [6.45, 7) is 2.62. The zero-order valence-electron chi connectivity index (χ0n) is 11.4. The maximum atomic E-state index is 11.3. The lowest BCUT2D eigenvalue weighted by Crippen LogP contribution is -2.46. The van der Waals surface area contributed by atoms with E-state index in [0.29, 0.717) is 30.5 Å². The van der Waals surface area contributed by atoms with Crippen LogP contribution in [0.1, 0.15) is 0 Å². The molecule has 6 heteroatoms. The lowest BCUT2D eigenvalue weighted by molar-refractivity contribution is -0.144. The molecule has 1 atom stereocenters. The third-order valence-corrected chi connectivity index (χ3v) is 3.38. The molecule has 0 bridgehead atoms. The molecule has 2 rings (SSSR count). The maximum Gasteiger partial charge on any atom is 0.319 e. The van der Waals surface area contributed by atoms with Gasteiger partial charge in [0.1, 0.15) is 18.5 Å². The standard InChI is InChI=1S/C14H18ClNO4/c1-18-14(17)9-16-6-7-19-11(8-16)10-20-13-5-3-2-4-12(13)15/h2-5,11H,6-10H2,1H3. The molecule has 0 aromatic heterocycles. The summed E-state index contributed by atoms with van der Waals surface area (Å²) in [5.41, 5.74) is 0. The Morgan fingerprint density at radius 3 is 3.05 bits per heavy atom. The number of nitrogens with zero attached hydrogens (tertiary/aromatic N) is 1. The van der Waals surface area contributed by atoms with Crippen molar-refractivity contribution in [2.75, 3.05) is 40.0 Å². The molecule has 110 valence electrons. The second-order valence-corrected chi connectivity index (χ2v) is 4.95. The fraction of sp³-hybridized carbons (Fsp3) is 0.500. The summed E-state index contributed by atoms with van der Waals surface area (Å²) in [6.07, 6.45) is -0.0790. The Labute approximate surface area is 123 Å². The van der Waals surface area contributed by atoms with Gasteiger partial charge in [-0.05, 0) is 12.1 Å². The molecule has 1 fully saturated rings. The number of esters is 1. The van der Waals surface area contributed by atoms with Crippen molar-refractivity contribution < 1.29 is 19.0 Å². The van der Waals surface area contributed by atoms with E-state index < -0.39 is 0 Å². The minimum Gasteiger partial charge on any atom is -0.489 e. The number of benzene rings is 1. The third kappa shape index (κ3) is 4.37. The topological polar surface area (TPSA) is 48.0 Å². The summed E-state index contributed by atoms with van der Waals surface area (Å²) in [5.74, 6) is 0.403. The number of methoxy groups -OCH3 is 1. The maximum absolute atomic E-state index is 11.3. The first-order chi connectivity index (χ1) is 9.69. The molecule has 0 N–H and O–H groups in total. The first-order valence-electron chi connectivity index (χ1n) is 6.47. The van der Waals surface area contributed by atoms with Gasteiger partial charge < -0.3 is 14.2 Å². The average molecular weight is 300 g/mol. The predicted molar refractivity (Wildman–Crippen MR) is 75.1 cm³/mol. The van der Waals surface area contributed by atoms with Crippen molar-refractivity contribution in [3.63, 3.8) is 0 Å². The number of carbonyl (C=O) groups is 1. The molecule has 0 spiro atoms. The Morgan fingerprint density at radius 2 is 2.30 bits per heavy atom. The Morgan fingerprint density at radius 1 is 1.50 bits per heavy atom. The van der Waals surface area contributed by atoms with E-state index in [1.54, 1.807) is 6.07 Å². The van der Waals surface area contributed by atoms with Gasteiger partial charge in [-0.15, -0.1) is 0 Å². The van der Waals surface area contributed by atoms with Crippen molar-refractivity contribution >= 4 is 17.6 Å². The van der Waals surface area contributed by atoms with Crippen molar-refractivity contribution in [1.29, 1.82) is 0 Å². The van der Waals surface area contributed by atoms with Gasteiger partial charge >= 0.3 is 5.97 Å². The normalized spacial score (nSPS) is 19.6. The number of halogens is 1. The summed E-state index contributed by atoms with van der Waals surface area (Å²) < 4.78 is 15.9. The average Bonchev–Trinajstić information content (AvgIpc) is 2.47. The number of hydrogen-bond donors (Lipinski definition) is 0. The Kier molecular flexibility index (Phi) is 5.64. The van der Waals surface area contributed by atoms with Crippen LogP contribution in [0.25, 0.3) is 0 Å². The van der Waals surface area contributed by atoms with Gasteiger partial charge in [-0.25, -0.2) is 0 Å².